The first-order valence-corrected chi connectivity index (χ1v) is 4.52. The number of ether oxygens (including phenoxy) is 1. The maximum Gasteiger partial charge on any atom is 0.328 e. The SMILES string of the molecule is COCC(Nc1cccnc1C#N)C(=O)O. The molecule has 84 valence electrons. The number of methoxy groups -OCH3 is 1. The fraction of sp³-hybridized carbons (Fsp3) is 0.300. The van der Waals surface area contributed by atoms with Crippen LogP contribution in [-0.2, 0) is 9.53 Å². The Bertz CT molecular complexity index is 414. The summed E-state index contributed by atoms with van der Waals surface area (Å²) < 4.78 is 4.76. The van der Waals surface area contributed by atoms with E-state index in [2.05, 4.69) is 10.3 Å². The number of nitrogens with zero attached hydrogens (tertiary/aromatic N) is 2. The van der Waals surface area contributed by atoms with Crippen LogP contribution in [0.15, 0.2) is 18.3 Å². The fourth-order valence-electron chi connectivity index (χ4n) is 1.14. The smallest absolute Gasteiger partial charge is 0.328 e. The summed E-state index contributed by atoms with van der Waals surface area (Å²) >= 11 is 0. The van der Waals surface area contributed by atoms with Crippen molar-refractivity contribution in [1.29, 1.82) is 5.26 Å². The number of carbonyl (C=O) groups is 1. The number of aliphatic carboxylic acids is 1. The van der Waals surface area contributed by atoms with Crippen LogP contribution in [0.3, 0.4) is 0 Å². The molecule has 6 heteroatoms. The highest BCUT2D eigenvalue weighted by atomic mass is 16.5. The van der Waals surface area contributed by atoms with E-state index in [4.69, 9.17) is 15.1 Å². The molecule has 6 nitrogen and oxygen atoms in total. The maximum absolute atomic E-state index is 10.8. The van der Waals surface area contributed by atoms with Crippen molar-refractivity contribution in [2.24, 2.45) is 0 Å². The van der Waals surface area contributed by atoms with E-state index in [9.17, 15) is 4.79 Å². The quantitative estimate of drug-likeness (QED) is 0.750. The lowest BCUT2D eigenvalue weighted by atomic mass is 10.2. The molecular formula is C10H11N3O3. The fourth-order valence-corrected chi connectivity index (χ4v) is 1.14. The van der Waals surface area contributed by atoms with Crippen LogP contribution in [0, 0.1) is 11.3 Å². The highest BCUT2D eigenvalue weighted by molar-refractivity contribution is 5.78. The van der Waals surface area contributed by atoms with Crippen molar-refractivity contribution in [3.8, 4) is 6.07 Å². The van der Waals surface area contributed by atoms with E-state index in [0.717, 1.165) is 0 Å². The first-order chi connectivity index (χ1) is 7.69. The molecule has 0 saturated heterocycles. The molecule has 0 amide bonds. The summed E-state index contributed by atoms with van der Waals surface area (Å²) in [4.78, 5) is 14.7. The number of carboxylic acid groups (broad SMARTS) is 1. The number of hydrogen-bond acceptors (Lipinski definition) is 5. The molecule has 1 atom stereocenters. The Morgan fingerprint density at radius 2 is 2.56 bits per heavy atom. The van der Waals surface area contributed by atoms with Crippen molar-refractivity contribution in [3.05, 3.63) is 24.0 Å². The number of carboxylic acids is 1. The second-order valence-corrected chi connectivity index (χ2v) is 3.00. The number of nitrogens with one attached hydrogen (secondary N) is 1. The summed E-state index contributed by atoms with van der Waals surface area (Å²) in [5.74, 6) is -1.05. The summed E-state index contributed by atoms with van der Waals surface area (Å²) in [6.07, 6.45) is 1.47. The zero-order valence-corrected chi connectivity index (χ0v) is 8.67. The number of pyridine rings is 1. The van der Waals surface area contributed by atoms with Gasteiger partial charge in [-0.2, -0.15) is 5.26 Å². The van der Waals surface area contributed by atoms with Crippen LogP contribution in [0.2, 0.25) is 0 Å². The third-order valence-electron chi connectivity index (χ3n) is 1.87. The van der Waals surface area contributed by atoms with Gasteiger partial charge in [0.15, 0.2) is 5.69 Å². The molecule has 0 fully saturated rings. The molecule has 16 heavy (non-hydrogen) atoms. The third-order valence-corrected chi connectivity index (χ3v) is 1.87. The van der Waals surface area contributed by atoms with Crippen LogP contribution < -0.4 is 5.32 Å². The minimum Gasteiger partial charge on any atom is -0.480 e. The predicted octanol–water partition coefficient (Wildman–Crippen LogP) is 0.465. The van der Waals surface area contributed by atoms with E-state index in [0.29, 0.717) is 5.69 Å². The zero-order valence-electron chi connectivity index (χ0n) is 8.67. The number of anilines is 1. The van der Waals surface area contributed by atoms with E-state index < -0.39 is 12.0 Å². The molecule has 0 aromatic carbocycles. The number of rotatable bonds is 5. The van der Waals surface area contributed by atoms with Gasteiger partial charge in [-0.05, 0) is 12.1 Å². The van der Waals surface area contributed by atoms with Gasteiger partial charge in [-0.3, -0.25) is 0 Å². The van der Waals surface area contributed by atoms with E-state index in [-0.39, 0.29) is 12.3 Å². The summed E-state index contributed by atoms with van der Waals surface area (Å²) in [5, 5.41) is 20.3. The molecule has 1 aromatic heterocycles. The Morgan fingerprint density at radius 1 is 1.81 bits per heavy atom. The van der Waals surface area contributed by atoms with E-state index in [1.165, 1.54) is 13.3 Å². The molecule has 0 aliphatic heterocycles. The standard InChI is InChI=1S/C10H11N3O3/c1-16-6-9(10(14)15)13-7-3-2-4-12-8(7)5-11/h2-4,9,13H,6H2,1H3,(H,14,15). The summed E-state index contributed by atoms with van der Waals surface area (Å²) in [5.41, 5.74) is 0.541. The molecule has 0 saturated carbocycles. The predicted molar refractivity (Wildman–Crippen MR) is 55.9 cm³/mol. The highest BCUT2D eigenvalue weighted by Gasteiger charge is 2.18. The van der Waals surface area contributed by atoms with E-state index >= 15 is 0 Å². The summed E-state index contributed by atoms with van der Waals surface area (Å²) in [7, 11) is 1.41. The molecule has 1 aromatic rings. The van der Waals surface area contributed by atoms with Crippen LogP contribution >= 0.6 is 0 Å². The van der Waals surface area contributed by atoms with Crippen LogP contribution in [-0.4, -0.2) is 35.8 Å². The Morgan fingerprint density at radius 3 is 3.12 bits per heavy atom. The van der Waals surface area contributed by atoms with Gasteiger partial charge in [-0.15, -0.1) is 0 Å². The van der Waals surface area contributed by atoms with Gasteiger partial charge in [0, 0.05) is 13.3 Å². The van der Waals surface area contributed by atoms with E-state index in [1.54, 1.807) is 12.1 Å². The molecule has 0 radical (unpaired) electrons. The molecule has 0 bridgehead atoms. The molecule has 0 aliphatic carbocycles. The largest absolute Gasteiger partial charge is 0.480 e. The topological polar surface area (TPSA) is 95.2 Å². The van der Waals surface area contributed by atoms with Gasteiger partial charge >= 0.3 is 5.97 Å². The van der Waals surface area contributed by atoms with Crippen LogP contribution in [0.4, 0.5) is 5.69 Å². The maximum atomic E-state index is 10.8. The second kappa shape index (κ2) is 5.68. The normalized spacial score (nSPS) is 11.5. The lowest BCUT2D eigenvalue weighted by molar-refractivity contribution is -0.139. The van der Waals surface area contributed by atoms with Crippen molar-refractivity contribution in [3.63, 3.8) is 0 Å². The average Bonchev–Trinajstić information content (AvgIpc) is 2.29. The third kappa shape index (κ3) is 2.93. The first-order valence-electron chi connectivity index (χ1n) is 4.52. The van der Waals surface area contributed by atoms with Gasteiger partial charge in [0.1, 0.15) is 12.1 Å². The first kappa shape index (κ1) is 11.9. The number of aromatic nitrogens is 1. The van der Waals surface area contributed by atoms with Gasteiger partial charge < -0.3 is 15.2 Å². The van der Waals surface area contributed by atoms with Gasteiger partial charge in [0.25, 0.3) is 0 Å². The van der Waals surface area contributed by atoms with Gasteiger partial charge in [-0.25, -0.2) is 9.78 Å². The Balaban J connectivity index is 2.85. The van der Waals surface area contributed by atoms with Crippen LogP contribution in [0.1, 0.15) is 5.69 Å². The Labute approximate surface area is 92.5 Å². The monoisotopic (exact) mass is 221 g/mol. The molecule has 1 heterocycles. The molecule has 1 rings (SSSR count). The molecule has 1 unspecified atom stereocenters. The van der Waals surface area contributed by atoms with Crippen molar-refractivity contribution in [1.82, 2.24) is 4.98 Å². The highest BCUT2D eigenvalue weighted by Crippen LogP contribution is 2.12. The van der Waals surface area contributed by atoms with E-state index in [1.807, 2.05) is 6.07 Å². The van der Waals surface area contributed by atoms with Gasteiger partial charge in [-0.1, -0.05) is 0 Å². The Kier molecular flexibility index (Phi) is 4.24. The Hall–Kier alpha value is -2.13. The van der Waals surface area contributed by atoms with Crippen molar-refractivity contribution < 1.29 is 14.6 Å². The molecular weight excluding hydrogens is 210 g/mol. The minimum atomic E-state index is -1.05. The van der Waals surface area contributed by atoms with Crippen molar-refractivity contribution in [2.75, 3.05) is 19.0 Å². The van der Waals surface area contributed by atoms with Gasteiger partial charge in [0.05, 0.1) is 12.3 Å². The number of nitriles is 1. The van der Waals surface area contributed by atoms with Crippen molar-refractivity contribution in [2.45, 2.75) is 6.04 Å². The lowest BCUT2D eigenvalue weighted by Gasteiger charge is -2.14. The lowest BCUT2D eigenvalue weighted by Crippen LogP contribution is -2.33. The minimum absolute atomic E-state index is 0.00902. The molecule has 0 aliphatic rings. The van der Waals surface area contributed by atoms with Crippen LogP contribution in [0.5, 0.6) is 0 Å². The molecule has 0 spiro atoms. The number of hydrogen-bond donors (Lipinski definition) is 2. The van der Waals surface area contributed by atoms with Crippen LogP contribution in [0.25, 0.3) is 0 Å². The van der Waals surface area contributed by atoms with Gasteiger partial charge in [0.2, 0.25) is 0 Å². The summed E-state index contributed by atoms with van der Waals surface area (Å²) in [6, 6.07) is 4.19. The molecule has 2 N–H and O–H groups in total. The second-order valence-electron chi connectivity index (χ2n) is 3.00. The van der Waals surface area contributed by atoms with Crippen molar-refractivity contribution >= 4 is 11.7 Å². The average molecular weight is 221 g/mol. The zero-order chi connectivity index (χ0) is 12.0. The summed E-state index contributed by atoms with van der Waals surface area (Å²) in [6.45, 7) is 0.00902.